The van der Waals surface area contributed by atoms with Crippen LogP contribution in [0.4, 0.5) is 0 Å². The van der Waals surface area contributed by atoms with Crippen LogP contribution in [0.2, 0.25) is 0 Å². The van der Waals surface area contributed by atoms with Crippen LogP contribution < -0.4 is 10.2 Å². The first-order valence-electron chi connectivity index (χ1n) is 10.3. The second-order valence-corrected chi connectivity index (χ2v) is 7.46. The number of nitrogens with one attached hydrogen (secondary N) is 1. The zero-order valence-electron chi connectivity index (χ0n) is 17.7. The third-order valence-electron chi connectivity index (χ3n) is 5.08. The van der Waals surface area contributed by atoms with Crippen LogP contribution in [0.1, 0.15) is 23.6 Å². The molecule has 0 unspecified atom stereocenters. The highest BCUT2D eigenvalue weighted by molar-refractivity contribution is 5.86. The Morgan fingerprint density at radius 2 is 1.83 bits per heavy atom. The fourth-order valence-electron chi connectivity index (χ4n) is 3.38. The summed E-state index contributed by atoms with van der Waals surface area (Å²) in [7, 11) is 0. The molecule has 30 heavy (non-hydrogen) atoms. The van der Waals surface area contributed by atoms with Crippen molar-refractivity contribution in [2.75, 3.05) is 39.3 Å². The first-order chi connectivity index (χ1) is 14.5. The number of phenols is 1. The van der Waals surface area contributed by atoms with Crippen molar-refractivity contribution in [3.05, 3.63) is 59.2 Å². The maximum Gasteiger partial charge on any atom is 0.254 e. The Labute approximate surface area is 178 Å². The summed E-state index contributed by atoms with van der Waals surface area (Å²) in [6, 6.07) is 13.8. The Hall–Kier alpha value is -2.90. The summed E-state index contributed by atoms with van der Waals surface area (Å²) < 4.78 is 5.35. The number of benzene rings is 2. The van der Waals surface area contributed by atoms with E-state index in [9.17, 15) is 9.90 Å². The number of aryl methyl sites for hydroxylation is 1. The van der Waals surface area contributed by atoms with Crippen molar-refractivity contribution in [3.8, 4) is 11.5 Å². The number of ether oxygens (including phenoxy) is 1. The number of phenolic OH excluding ortho intramolecular Hbond substituents is 1. The van der Waals surface area contributed by atoms with Gasteiger partial charge in [0.05, 0.1) is 19.4 Å². The molecule has 0 atom stereocenters. The maximum atomic E-state index is 12.2. The summed E-state index contributed by atoms with van der Waals surface area (Å²) in [6.07, 6.45) is 1.43. The van der Waals surface area contributed by atoms with Gasteiger partial charge in [-0.1, -0.05) is 35.9 Å². The molecule has 1 heterocycles. The van der Waals surface area contributed by atoms with Gasteiger partial charge in [0.1, 0.15) is 0 Å². The predicted molar refractivity (Wildman–Crippen MR) is 118 cm³/mol. The predicted octanol–water partition coefficient (Wildman–Crippen LogP) is 2.37. The fraction of sp³-hybridized carbons (Fsp3) is 0.391. The van der Waals surface area contributed by atoms with E-state index in [1.165, 1.54) is 17.3 Å². The number of hydrogen-bond acceptors (Lipinski definition) is 6. The highest BCUT2D eigenvalue weighted by atomic mass is 16.5. The summed E-state index contributed by atoms with van der Waals surface area (Å²) in [5, 5.41) is 14.1. The molecule has 1 aliphatic rings. The van der Waals surface area contributed by atoms with Crippen LogP contribution in [0.5, 0.6) is 11.5 Å². The number of para-hydroxylation sites is 1. The van der Waals surface area contributed by atoms with Crippen LogP contribution in [-0.4, -0.2) is 66.4 Å². The zero-order chi connectivity index (χ0) is 21.3. The Kier molecular flexibility index (Phi) is 7.82. The average Bonchev–Trinajstić information content (AvgIpc) is 2.74. The van der Waals surface area contributed by atoms with E-state index in [4.69, 9.17) is 4.74 Å². The second kappa shape index (κ2) is 10.8. The van der Waals surface area contributed by atoms with Crippen molar-refractivity contribution in [3.63, 3.8) is 0 Å². The van der Waals surface area contributed by atoms with Crippen molar-refractivity contribution >= 4 is 12.1 Å². The van der Waals surface area contributed by atoms with Gasteiger partial charge in [-0.2, -0.15) is 5.10 Å². The van der Waals surface area contributed by atoms with Gasteiger partial charge in [0.15, 0.2) is 11.5 Å². The molecule has 0 aromatic heterocycles. The number of rotatable bonds is 8. The van der Waals surface area contributed by atoms with Gasteiger partial charge in [-0.05, 0) is 31.5 Å². The van der Waals surface area contributed by atoms with Gasteiger partial charge < -0.3 is 9.84 Å². The molecule has 1 aliphatic heterocycles. The van der Waals surface area contributed by atoms with E-state index >= 15 is 0 Å². The number of carbonyl (C=O) groups is 1. The molecule has 1 fully saturated rings. The smallest absolute Gasteiger partial charge is 0.254 e. The van der Waals surface area contributed by atoms with Gasteiger partial charge in [-0.3, -0.25) is 14.6 Å². The number of hydrazone groups is 1. The topological polar surface area (TPSA) is 77.4 Å². The van der Waals surface area contributed by atoms with Crippen LogP contribution in [-0.2, 0) is 11.3 Å². The number of hydrogen-bond donors (Lipinski definition) is 2. The van der Waals surface area contributed by atoms with E-state index < -0.39 is 0 Å². The zero-order valence-corrected chi connectivity index (χ0v) is 17.7. The van der Waals surface area contributed by atoms with E-state index in [0.717, 1.165) is 32.7 Å². The van der Waals surface area contributed by atoms with Crippen molar-refractivity contribution in [2.45, 2.75) is 20.4 Å². The molecular weight excluding hydrogens is 380 g/mol. The lowest BCUT2D eigenvalue weighted by Crippen LogP contribution is -2.48. The van der Waals surface area contributed by atoms with Crippen LogP contribution >= 0.6 is 0 Å². The van der Waals surface area contributed by atoms with Crippen molar-refractivity contribution in [1.29, 1.82) is 0 Å². The molecule has 0 aliphatic carbocycles. The molecule has 1 saturated heterocycles. The second-order valence-electron chi connectivity index (χ2n) is 7.46. The Bertz CT molecular complexity index is 859. The van der Waals surface area contributed by atoms with E-state index in [1.807, 2.05) is 6.92 Å². The first-order valence-corrected chi connectivity index (χ1v) is 10.3. The van der Waals surface area contributed by atoms with Crippen molar-refractivity contribution in [2.24, 2.45) is 5.10 Å². The van der Waals surface area contributed by atoms with Crippen LogP contribution in [0.25, 0.3) is 0 Å². The lowest BCUT2D eigenvalue weighted by atomic mass is 10.1. The lowest BCUT2D eigenvalue weighted by molar-refractivity contribution is -0.122. The van der Waals surface area contributed by atoms with Crippen molar-refractivity contribution in [1.82, 2.24) is 15.2 Å². The normalized spacial score (nSPS) is 15.4. The largest absolute Gasteiger partial charge is 0.504 e. The monoisotopic (exact) mass is 410 g/mol. The Morgan fingerprint density at radius 1 is 1.13 bits per heavy atom. The summed E-state index contributed by atoms with van der Waals surface area (Å²) in [6.45, 7) is 9.21. The van der Waals surface area contributed by atoms with Gasteiger partial charge >= 0.3 is 0 Å². The van der Waals surface area contributed by atoms with Crippen LogP contribution in [0, 0.1) is 6.92 Å². The molecule has 0 bridgehead atoms. The molecule has 2 aromatic carbocycles. The highest BCUT2D eigenvalue weighted by Crippen LogP contribution is 2.28. The number of nitrogens with zero attached hydrogens (tertiary/aromatic N) is 3. The maximum absolute atomic E-state index is 12.2. The quantitative estimate of drug-likeness (QED) is 0.516. The number of piperazine rings is 1. The average molecular weight is 411 g/mol. The molecule has 0 spiro atoms. The lowest BCUT2D eigenvalue weighted by Gasteiger charge is -2.34. The van der Waals surface area contributed by atoms with E-state index in [2.05, 4.69) is 51.5 Å². The van der Waals surface area contributed by atoms with Gasteiger partial charge in [0.2, 0.25) is 0 Å². The molecule has 7 heteroatoms. The highest BCUT2D eigenvalue weighted by Gasteiger charge is 2.18. The third-order valence-corrected chi connectivity index (χ3v) is 5.08. The van der Waals surface area contributed by atoms with Gasteiger partial charge in [-0.25, -0.2) is 5.43 Å². The van der Waals surface area contributed by atoms with Gasteiger partial charge in [0, 0.05) is 38.3 Å². The van der Waals surface area contributed by atoms with E-state index in [-0.39, 0.29) is 11.7 Å². The van der Waals surface area contributed by atoms with E-state index in [1.54, 1.807) is 18.2 Å². The summed E-state index contributed by atoms with van der Waals surface area (Å²) in [5.41, 5.74) is 5.62. The Balaban J connectivity index is 1.41. The first kappa shape index (κ1) is 21.8. The molecule has 1 amide bonds. The van der Waals surface area contributed by atoms with Crippen molar-refractivity contribution < 1.29 is 14.6 Å². The van der Waals surface area contributed by atoms with E-state index in [0.29, 0.717) is 24.5 Å². The summed E-state index contributed by atoms with van der Waals surface area (Å²) in [4.78, 5) is 16.7. The summed E-state index contributed by atoms with van der Waals surface area (Å²) >= 11 is 0. The van der Waals surface area contributed by atoms with Gasteiger partial charge in [-0.15, -0.1) is 0 Å². The minimum Gasteiger partial charge on any atom is -0.504 e. The van der Waals surface area contributed by atoms with Crippen LogP contribution in [0.15, 0.2) is 47.6 Å². The third kappa shape index (κ3) is 6.30. The molecule has 0 saturated carbocycles. The molecule has 7 nitrogen and oxygen atoms in total. The SMILES string of the molecule is CCOc1cccc(/C=N\NC(=O)CN2CCN(Cc3ccc(C)cc3)CC2)c1O. The van der Waals surface area contributed by atoms with Gasteiger partial charge in [0.25, 0.3) is 5.91 Å². The summed E-state index contributed by atoms with van der Waals surface area (Å²) in [5.74, 6) is 0.247. The minimum atomic E-state index is -0.168. The standard InChI is InChI=1S/C23H30N4O3/c1-3-30-21-6-4-5-20(23(21)29)15-24-25-22(28)17-27-13-11-26(12-14-27)16-19-9-7-18(2)8-10-19/h4-10,15,29H,3,11-14,16-17H2,1-2H3,(H,25,28)/b24-15-. The fourth-order valence-corrected chi connectivity index (χ4v) is 3.38. The Morgan fingerprint density at radius 3 is 2.53 bits per heavy atom. The minimum absolute atomic E-state index is 0.0158. The molecule has 0 radical (unpaired) electrons. The van der Waals surface area contributed by atoms with Crippen LogP contribution in [0.3, 0.4) is 0 Å². The molecular formula is C23H30N4O3. The molecule has 160 valence electrons. The molecule has 2 N–H and O–H groups in total. The molecule has 3 rings (SSSR count). The molecule has 2 aromatic rings. The number of aromatic hydroxyl groups is 1. The number of amides is 1. The number of carbonyl (C=O) groups excluding carboxylic acids is 1.